The van der Waals surface area contributed by atoms with Crippen molar-refractivity contribution in [1.29, 1.82) is 0 Å². The first-order valence-electron chi connectivity index (χ1n) is 5.30. The van der Waals surface area contributed by atoms with Gasteiger partial charge in [0, 0.05) is 18.0 Å². The summed E-state index contributed by atoms with van der Waals surface area (Å²) in [6, 6.07) is 5.04. The molecule has 1 aliphatic heterocycles. The van der Waals surface area contributed by atoms with Crippen LogP contribution in [0.4, 0.5) is 4.39 Å². The lowest BCUT2D eigenvalue weighted by molar-refractivity contribution is -0.144. The van der Waals surface area contributed by atoms with E-state index in [1.54, 1.807) is 6.07 Å². The van der Waals surface area contributed by atoms with Crippen LogP contribution in [-0.4, -0.2) is 18.6 Å². The van der Waals surface area contributed by atoms with Crippen LogP contribution in [0.25, 0.3) is 0 Å². The van der Waals surface area contributed by atoms with Crippen molar-refractivity contribution in [2.75, 3.05) is 7.11 Å². The quantitative estimate of drug-likeness (QED) is 0.727. The summed E-state index contributed by atoms with van der Waals surface area (Å²) in [5, 5.41) is 3.10. The molecule has 0 bridgehead atoms. The Morgan fingerprint density at radius 2 is 2.44 bits per heavy atom. The molecule has 1 aliphatic carbocycles. The highest BCUT2D eigenvalue weighted by molar-refractivity contribution is 5.87. The van der Waals surface area contributed by atoms with Crippen LogP contribution in [0.5, 0.6) is 0 Å². The Morgan fingerprint density at radius 1 is 1.62 bits per heavy atom. The molecule has 3 nitrogen and oxygen atoms in total. The van der Waals surface area contributed by atoms with Gasteiger partial charge in [0.1, 0.15) is 11.4 Å². The molecule has 1 aromatic carbocycles. The van der Waals surface area contributed by atoms with Crippen molar-refractivity contribution in [3.63, 3.8) is 0 Å². The van der Waals surface area contributed by atoms with Crippen LogP contribution in [-0.2, 0) is 16.1 Å². The van der Waals surface area contributed by atoms with E-state index < -0.39 is 5.54 Å². The van der Waals surface area contributed by atoms with Gasteiger partial charge in [-0.3, -0.25) is 10.1 Å². The zero-order valence-electron chi connectivity index (χ0n) is 8.92. The molecule has 2 aliphatic rings. The molecule has 0 aromatic heterocycles. The van der Waals surface area contributed by atoms with Crippen molar-refractivity contribution in [2.24, 2.45) is 0 Å². The van der Waals surface area contributed by atoms with E-state index >= 15 is 0 Å². The first kappa shape index (κ1) is 9.78. The number of fused-ring (bicyclic) bond motifs is 3. The molecule has 0 radical (unpaired) electrons. The van der Waals surface area contributed by atoms with Gasteiger partial charge in [-0.25, -0.2) is 4.39 Å². The molecule has 1 aromatic rings. The summed E-state index contributed by atoms with van der Waals surface area (Å²) in [5.41, 5.74) is 1.05. The van der Waals surface area contributed by atoms with E-state index in [1.807, 2.05) is 6.07 Å². The molecule has 1 saturated carbocycles. The Balaban J connectivity index is 2.02. The molecule has 3 rings (SSSR count). The van der Waals surface area contributed by atoms with Crippen LogP contribution < -0.4 is 5.32 Å². The Bertz CT molecular complexity index is 474. The number of methoxy groups -OCH3 is 1. The number of rotatable bonds is 1. The number of halogens is 1. The van der Waals surface area contributed by atoms with Crippen molar-refractivity contribution < 1.29 is 13.9 Å². The van der Waals surface area contributed by atoms with Gasteiger partial charge < -0.3 is 4.74 Å². The first-order valence-corrected chi connectivity index (χ1v) is 5.30. The van der Waals surface area contributed by atoms with Gasteiger partial charge >= 0.3 is 5.97 Å². The smallest absolute Gasteiger partial charge is 0.326 e. The Kier molecular flexibility index (Phi) is 1.86. The lowest BCUT2D eigenvalue weighted by Crippen LogP contribution is -2.44. The van der Waals surface area contributed by atoms with E-state index in [-0.39, 0.29) is 17.7 Å². The zero-order valence-corrected chi connectivity index (χ0v) is 8.92. The Labute approximate surface area is 92.6 Å². The number of hydrogen-bond donors (Lipinski definition) is 1. The van der Waals surface area contributed by atoms with Crippen LogP contribution in [0.3, 0.4) is 0 Å². The van der Waals surface area contributed by atoms with Crippen molar-refractivity contribution in [2.45, 2.75) is 24.4 Å². The second-order valence-corrected chi connectivity index (χ2v) is 4.38. The van der Waals surface area contributed by atoms with E-state index in [1.165, 1.54) is 13.2 Å². The number of benzene rings is 1. The molecule has 0 amide bonds. The van der Waals surface area contributed by atoms with Gasteiger partial charge in [-0.15, -0.1) is 0 Å². The maximum atomic E-state index is 13.5. The number of nitrogens with one attached hydrogen (secondary N) is 1. The predicted octanol–water partition coefficient (Wildman–Crippen LogP) is 1.33. The van der Waals surface area contributed by atoms with E-state index in [0.717, 1.165) is 5.56 Å². The fourth-order valence-corrected chi connectivity index (χ4v) is 2.65. The van der Waals surface area contributed by atoms with Gasteiger partial charge in [0.25, 0.3) is 0 Å². The molecule has 1 heterocycles. The van der Waals surface area contributed by atoms with E-state index in [4.69, 9.17) is 4.74 Å². The maximum absolute atomic E-state index is 13.5. The topological polar surface area (TPSA) is 38.3 Å². The second kappa shape index (κ2) is 3.04. The van der Waals surface area contributed by atoms with Crippen LogP contribution in [0.2, 0.25) is 0 Å². The fourth-order valence-electron chi connectivity index (χ4n) is 2.65. The second-order valence-electron chi connectivity index (χ2n) is 4.38. The van der Waals surface area contributed by atoms with Crippen molar-refractivity contribution in [3.8, 4) is 0 Å². The highest BCUT2D eigenvalue weighted by atomic mass is 19.1. The normalized spacial score (nSPS) is 30.2. The number of carbonyl (C=O) groups excluding carboxylic acids is 1. The van der Waals surface area contributed by atoms with E-state index in [9.17, 15) is 9.18 Å². The monoisotopic (exact) mass is 221 g/mol. The van der Waals surface area contributed by atoms with Crippen molar-refractivity contribution in [1.82, 2.24) is 5.32 Å². The lowest BCUT2D eigenvalue weighted by Gasteiger charge is -2.24. The Hall–Kier alpha value is -1.42. The van der Waals surface area contributed by atoms with Crippen LogP contribution in [0.1, 0.15) is 23.5 Å². The third kappa shape index (κ3) is 1.08. The van der Waals surface area contributed by atoms with Crippen molar-refractivity contribution >= 4 is 5.97 Å². The maximum Gasteiger partial charge on any atom is 0.326 e. The summed E-state index contributed by atoms with van der Waals surface area (Å²) in [4.78, 5) is 11.6. The summed E-state index contributed by atoms with van der Waals surface area (Å²) < 4.78 is 18.3. The summed E-state index contributed by atoms with van der Waals surface area (Å²) in [7, 11) is 1.38. The minimum Gasteiger partial charge on any atom is -0.468 e. The van der Waals surface area contributed by atoms with Gasteiger partial charge in [-0.1, -0.05) is 12.1 Å². The van der Waals surface area contributed by atoms with Crippen LogP contribution in [0.15, 0.2) is 18.2 Å². The lowest BCUT2D eigenvalue weighted by atomic mass is 9.95. The molecular formula is C12H12FNO2. The van der Waals surface area contributed by atoms with Gasteiger partial charge in [0.2, 0.25) is 0 Å². The third-order valence-electron chi connectivity index (χ3n) is 3.62. The van der Waals surface area contributed by atoms with E-state index in [0.29, 0.717) is 18.5 Å². The molecule has 0 spiro atoms. The predicted molar refractivity (Wildman–Crippen MR) is 55.3 cm³/mol. The minimum atomic E-state index is -0.588. The van der Waals surface area contributed by atoms with Gasteiger partial charge in [0.05, 0.1) is 7.11 Å². The summed E-state index contributed by atoms with van der Waals surface area (Å²) in [6.07, 6.45) is 0.704. The standard InChI is InChI=1S/C12H12FNO2/c1-16-11(15)12-5-9(12)7-3-2-4-10(13)8(7)6-14-12/h2-4,9,14H,5-6H2,1H3/t9-,12-/m0/s1. The highest BCUT2D eigenvalue weighted by Crippen LogP contribution is 2.55. The van der Waals surface area contributed by atoms with Crippen LogP contribution in [0, 0.1) is 5.82 Å². The van der Waals surface area contributed by atoms with Gasteiger partial charge in [-0.05, 0) is 18.1 Å². The van der Waals surface area contributed by atoms with Gasteiger partial charge in [-0.2, -0.15) is 0 Å². The summed E-state index contributed by atoms with van der Waals surface area (Å²) in [6.45, 7) is 0.396. The summed E-state index contributed by atoms with van der Waals surface area (Å²) >= 11 is 0. The molecule has 16 heavy (non-hydrogen) atoms. The SMILES string of the molecule is COC(=O)[C@]12C[C@H]1c1cccc(F)c1CN2. The molecule has 1 fully saturated rings. The highest BCUT2D eigenvalue weighted by Gasteiger charge is 2.63. The molecule has 84 valence electrons. The van der Waals surface area contributed by atoms with Crippen LogP contribution >= 0.6 is 0 Å². The largest absolute Gasteiger partial charge is 0.468 e. The molecule has 1 N–H and O–H groups in total. The van der Waals surface area contributed by atoms with Gasteiger partial charge in [0.15, 0.2) is 0 Å². The minimum absolute atomic E-state index is 0.0689. The van der Waals surface area contributed by atoms with Crippen molar-refractivity contribution in [3.05, 3.63) is 35.1 Å². The molecule has 0 unspecified atom stereocenters. The molecular weight excluding hydrogens is 209 g/mol. The fraction of sp³-hybridized carbons (Fsp3) is 0.417. The average molecular weight is 221 g/mol. The zero-order chi connectivity index (χ0) is 11.3. The average Bonchev–Trinajstić information content (AvgIpc) is 3.04. The Morgan fingerprint density at radius 3 is 3.19 bits per heavy atom. The first-order chi connectivity index (χ1) is 7.69. The molecule has 0 saturated heterocycles. The number of hydrogen-bond acceptors (Lipinski definition) is 3. The summed E-state index contributed by atoms with van der Waals surface area (Å²) in [5.74, 6) is -0.373. The number of carbonyl (C=O) groups is 1. The number of esters is 1. The molecule has 4 heteroatoms. The molecule has 2 atom stereocenters. The van der Waals surface area contributed by atoms with E-state index in [2.05, 4.69) is 5.32 Å². The number of ether oxygens (including phenoxy) is 1. The third-order valence-corrected chi connectivity index (χ3v) is 3.62.